The number of carbonyl (C=O) groups excluding carboxylic acids is 2. The van der Waals surface area contributed by atoms with Crippen molar-refractivity contribution in [3.8, 4) is 5.69 Å². The molecule has 0 unspecified atom stereocenters. The average molecular weight is 520 g/mol. The molecule has 7 nitrogen and oxygen atoms in total. The first kappa shape index (κ1) is 25.1. The highest BCUT2D eigenvalue weighted by atomic mass is 19.4. The maximum atomic E-state index is 13.9. The minimum absolute atomic E-state index is 0.201. The molecule has 1 aromatic heterocycles. The zero-order valence-electron chi connectivity index (χ0n) is 20.3. The summed E-state index contributed by atoms with van der Waals surface area (Å²) in [5.74, 6) is -1.33. The number of benzene rings is 3. The molecule has 2 heterocycles. The molecule has 0 radical (unpaired) electrons. The topological polar surface area (TPSA) is 93.2 Å². The van der Waals surface area contributed by atoms with Crippen LogP contribution in [0.25, 0.3) is 5.69 Å². The zero-order valence-corrected chi connectivity index (χ0v) is 20.3. The van der Waals surface area contributed by atoms with Gasteiger partial charge in [0.05, 0.1) is 17.4 Å². The Hall–Kier alpha value is -4.60. The van der Waals surface area contributed by atoms with Crippen LogP contribution in [-0.4, -0.2) is 34.2 Å². The molecule has 0 saturated heterocycles. The van der Waals surface area contributed by atoms with E-state index < -0.39 is 35.5 Å². The van der Waals surface area contributed by atoms with E-state index in [4.69, 9.17) is 5.73 Å². The van der Waals surface area contributed by atoms with Crippen molar-refractivity contribution in [1.82, 2.24) is 15.1 Å². The maximum absolute atomic E-state index is 13.9. The lowest BCUT2D eigenvalue weighted by molar-refractivity contribution is -0.137. The Labute approximate surface area is 216 Å². The van der Waals surface area contributed by atoms with E-state index in [-0.39, 0.29) is 12.1 Å². The molecule has 0 fully saturated rings. The van der Waals surface area contributed by atoms with Crippen molar-refractivity contribution in [2.75, 3.05) is 17.2 Å². The van der Waals surface area contributed by atoms with Crippen LogP contribution >= 0.6 is 0 Å². The lowest BCUT2D eigenvalue weighted by atomic mass is 9.82. The van der Waals surface area contributed by atoms with E-state index in [9.17, 15) is 22.8 Å². The number of nitrogens with two attached hydrogens (primary N) is 1. The summed E-state index contributed by atoms with van der Waals surface area (Å²) >= 11 is 0. The minimum Gasteiger partial charge on any atom is -0.399 e. The molecule has 1 aliphatic rings. The number of hydrogen-bond acceptors (Lipinski definition) is 4. The number of fused-ring (bicyclic) bond motifs is 1. The number of hydrogen-bond donors (Lipinski definition) is 2. The third-order valence-corrected chi connectivity index (χ3v) is 6.55. The van der Waals surface area contributed by atoms with Crippen molar-refractivity contribution in [3.05, 3.63) is 107 Å². The molecule has 2 amide bonds. The fraction of sp³-hybridized carbons (Fsp3) is 0.179. The number of para-hydroxylation sites is 1. The van der Waals surface area contributed by atoms with E-state index in [0.29, 0.717) is 22.6 Å². The molecule has 194 valence electrons. The number of likely N-dealkylation sites (N-methyl/N-ethyl adjacent to an activating group) is 1. The zero-order chi connectivity index (χ0) is 27.0. The summed E-state index contributed by atoms with van der Waals surface area (Å²) in [5, 5.41) is 7.27. The number of aromatic nitrogens is 2. The molecule has 3 N–H and O–H groups in total. The van der Waals surface area contributed by atoms with Crippen molar-refractivity contribution in [3.63, 3.8) is 0 Å². The Bertz CT molecular complexity index is 1500. The van der Waals surface area contributed by atoms with Crippen molar-refractivity contribution in [1.29, 1.82) is 0 Å². The molecule has 0 saturated carbocycles. The standard InChI is InChI=1S/C28H24F3N5O2/c1-2-35-26-22(16-33-36(26)21-12-4-3-5-13-21)23(17-8-7-11-20(32)15-17)24(27(35)38)34-25(37)18-9-6-10-19(14-18)28(29,30)31/h3-16,23-24H,2,32H2,1H3,(H,34,37)/t23-,24+/m1/s1. The summed E-state index contributed by atoms with van der Waals surface area (Å²) in [6.07, 6.45) is -2.96. The summed E-state index contributed by atoms with van der Waals surface area (Å²) in [4.78, 5) is 28.7. The second-order valence-corrected chi connectivity index (χ2v) is 8.93. The predicted octanol–water partition coefficient (Wildman–Crippen LogP) is 4.77. The summed E-state index contributed by atoms with van der Waals surface area (Å²) in [7, 11) is 0. The third kappa shape index (κ3) is 4.49. The summed E-state index contributed by atoms with van der Waals surface area (Å²) in [5.41, 5.74) is 7.46. The van der Waals surface area contributed by atoms with Gasteiger partial charge < -0.3 is 11.1 Å². The number of halogens is 3. The highest BCUT2D eigenvalue weighted by Crippen LogP contribution is 2.42. The average Bonchev–Trinajstić information content (AvgIpc) is 3.33. The van der Waals surface area contributed by atoms with Crippen LogP contribution in [0.4, 0.5) is 24.7 Å². The molecule has 2 atom stereocenters. The first-order valence-corrected chi connectivity index (χ1v) is 12.0. The van der Waals surface area contributed by atoms with Crippen molar-refractivity contribution >= 4 is 23.3 Å². The van der Waals surface area contributed by atoms with E-state index in [1.54, 1.807) is 42.1 Å². The normalized spacial score (nSPS) is 17.3. The Kier molecular flexibility index (Phi) is 6.40. The maximum Gasteiger partial charge on any atom is 0.416 e. The molecule has 3 aromatic carbocycles. The number of alkyl halides is 3. The van der Waals surface area contributed by atoms with Gasteiger partial charge in [-0.2, -0.15) is 18.3 Å². The van der Waals surface area contributed by atoms with Gasteiger partial charge in [-0.05, 0) is 55.0 Å². The number of anilines is 2. The van der Waals surface area contributed by atoms with E-state index in [1.807, 2.05) is 30.3 Å². The van der Waals surface area contributed by atoms with Crippen LogP contribution in [-0.2, 0) is 11.0 Å². The summed E-state index contributed by atoms with van der Waals surface area (Å²) in [6.45, 7) is 2.08. The number of rotatable bonds is 5. The summed E-state index contributed by atoms with van der Waals surface area (Å²) in [6, 6.07) is 19.3. The molecule has 0 aliphatic carbocycles. The molecule has 1 aliphatic heterocycles. The fourth-order valence-corrected chi connectivity index (χ4v) is 4.83. The fourth-order valence-electron chi connectivity index (χ4n) is 4.83. The molecule has 0 bridgehead atoms. The van der Waals surface area contributed by atoms with Crippen molar-refractivity contribution in [2.45, 2.75) is 25.1 Å². The van der Waals surface area contributed by atoms with E-state index in [2.05, 4.69) is 10.4 Å². The van der Waals surface area contributed by atoms with Crippen LogP contribution < -0.4 is 16.0 Å². The van der Waals surface area contributed by atoms with Gasteiger partial charge in [0.2, 0.25) is 0 Å². The van der Waals surface area contributed by atoms with Gasteiger partial charge >= 0.3 is 6.18 Å². The van der Waals surface area contributed by atoms with Crippen LogP contribution in [0.1, 0.15) is 39.9 Å². The minimum atomic E-state index is -4.61. The van der Waals surface area contributed by atoms with Crippen LogP contribution in [0.15, 0.2) is 85.1 Å². The monoisotopic (exact) mass is 519 g/mol. The second-order valence-electron chi connectivity index (χ2n) is 8.93. The number of nitrogens with one attached hydrogen (secondary N) is 1. The van der Waals surface area contributed by atoms with Crippen molar-refractivity contribution in [2.24, 2.45) is 0 Å². The second kappa shape index (κ2) is 9.70. The van der Waals surface area contributed by atoms with Gasteiger partial charge in [-0.25, -0.2) is 4.68 Å². The smallest absolute Gasteiger partial charge is 0.399 e. The Morgan fingerprint density at radius 2 is 1.76 bits per heavy atom. The van der Waals surface area contributed by atoms with E-state index in [1.165, 1.54) is 11.0 Å². The SMILES string of the molecule is CCN1C(=O)[C@@H](NC(=O)c2cccc(C(F)(F)F)c2)[C@H](c2cccc(N)c2)c2cnn(-c3ccccc3)c21. The van der Waals surface area contributed by atoms with Gasteiger partial charge in [-0.1, -0.05) is 36.4 Å². The Morgan fingerprint density at radius 1 is 1.03 bits per heavy atom. The molecule has 0 spiro atoms. The van der Waals surface area contributed by atoms with Gasteiger partial charge in [-0.15, -0.1) is 0 Å². The van der Waals surface area contributed by atoms with Gasteiger partial charge in [0.25, 0.3) is 11.8 Å². The lowest BCUT2D eigenvalue weighted by Gasteiger charge is -2.38. The third-order valence-electron chi connectivity index (χ3n) is 6.55. The van der Waals surface area contributed by atoms with E-state index >= 15 is 0 Å². The Balaban J connectivity index is 1.62. The van der Waals surface area contributed by atoms with Gasteiger partial charge in [0.1, 0.15) is 11.9 Å². The molecular weight excluding hydrogens is 495 g/mol. The number of nitrogen functional groups attached to an aromatic ring is 1. The largest absolute Gasteiger partial charge is 0.416 e. The number of carbonyl (C=O) groups is 2. The number of amides is 2. The van der Waals surface area contributed by atoms with Crippen LogP contribution in [0, 0.1) is 0 Å². The van der Waals surface area contributed by atoms with Gasteiger partial charge in [0, 0.05) is 29.3 Å². The molecular formula is C28H24F3N5O2. The predicted molar refractivity (Wildman–Crippen MR) is 137 cm³/mol. The lowest BCUT2D eigenvalue weighted by Crippen LogP contribution is -2.55. The van der Waals surface area contributed by atoms with Gasteiger partial charge in [-0.3, -0.25) is 14.5 Å². The van der Waals surface area contributed by atoms with Crippen molar-refractivity contribution < 1.29 is 22.8 Å². The molecule has 5 rings (SSSR count). The highest BCUT2D eigenvalue weighted by Gasteiger charge is 2.44. The van der Waals surface area contributed by atoms with Crippen LogP contribution in [0.5, 0.6) is 0 Å². The van der Waals surface area contributed by atoms with E-state index in [0.717, 1.165) is 23.9 Å². The quantitative estimate of drug-likeness (QED) is 0.372. The molecule has 38 heavy (non-hydrogen) atoms. The van der Waals surface area contributed by atoms with Gasteiger partial charge in [0.15, 0.2) is 0 Å². The van der Waals surface area contributed by atoms with Crippen LogP contribution in [0.2, 0.25) is 0 Å². The molecule has 4 aromatic rings. The Morgan fingerprint density at radius 3 is 2.45 bits per heavy atom. The summed E-state index contributed by atoms with van der Waals surface area (Å²) < 4.78 is 41.5. The number of nitrogens with zero attached hydrogens (tertiary/aromatic N) is 3. The highest BCUT2D eigenvalue weighted by molar-refractivity contribution is 6.05. The first-order chi connectivity index (χ1) is 18.2. The van der Waals surface area contributed by atoms with Crippen LogP contribution in [0.3, 0.4) is 0 Å². The first-order valence-electron chi connectivity index (χ1n) is 12.0. The molecule has 10 heteroatoms.